The fraction of sp³-hybridized carbons (Fsp3) is 0.154. The number of aromatic nitrogens is 4. The number of hydrogen-bond donors (Lipinski definition) is 1. The van der Waals surface area contributed by atoms with Gasteiger partial charge in [-0.15, -0.1) is 5.10 Å². The van der Waals surface area contributed by atoms with Crippen LogP contribution in [0.5, 0.6) is 5.75 Å². The first-order chi connectivity index (χ1) is 16.3. The van der Waals surface area contributed by atoms with E-state index < -0.39 is 0 Å². The lowest BCUT2D eigenvalue weighted by atomic mass is 10.1. The molecule has 1 aliphatic rings. The summed E-state index contributed by atoms with van der Waals surface area (Å²) in [5, 5.41) is 14.8. The molecule has 1 N–H and O–H groups in total. The third kappa shape index (κ3) is 3.96. The summed E-state index contributed by atoms with van der Waals surface area (Å²) in [5.74, 6) is 2.05. The fourth-order valence-electron chi connectivity index (χ4n) is 3.93. The van der Waals surface area contributed by atoms with Gasteiger partial charge in [0.2, 0.25) is 0 Å². The average molecular weight is 452 g/mol. The highest BCUT2D eigenvalue weighted by molar-refractivity contribution is 7.99. The van der Waals surface area contributed by atoms with Crippen molar-refractivity contribution < 1.29 is 4.74 Å². The van der Waals surface area contributed by atoms with Crippen molar-refractivity contribution in [2.75, 3.05) is 12.4 Å². The Balaban J connectivity index is 1.25. The number of nitrogens with zero attached hydrogens (tertiary/aromatic N) is 4. The number of rotatable bonds is 6. The van der Waals surface area contributed by atoms with Crippen LogP contribution in [0.3, 0.4) is 0 Å². The summed E-state index contributed by atoms with van der Waals surface area (Å²) in [6, 6.07) is 20.6. The van der Waals surface area contributed by atoms with Gasteiger partial charge in [0.25, 0.3) is 0 Å². The molecule has 1 fully saturated rings. The van der Waals surface area contributed by atoms with Crippen molar-refractivity contribution >= 4 is 45.1 Å². The summed E-state index contributed by atoms with van der Waals surface area (Å²) >= 11 is 1.66. The highest BCUT2D eigenvalue weighted by Gasteiger charge is 2.28. The number of anilines is 2. The van der Waals surface area contributed by atoms with Crippen molar-refractivity contribution in [2.45, 2.75) is 28.6 Å². The van der Waals surface area contributed by atoms with E-state index >= 15 is 0 Å². The molecule has 0 aliphatic heterocycles. The molecule has 0 bridgehead atoms. The Labute approximate surface area is 195 Å². The van der Waals surface area contributed by atoms with Crippen molar-refractivity contribution in [2.24, 2.45) is 0 Å². The van der Waals surface area contributed by atoms with E-state index in [-0.39, 0.29) is 0 Å². The molecular formula is C26H21N5OS. The molecule has 3 heterocycles. The van der Waals surface area contributed by atoms with Gasteiger partial charge in [0.15, 0.2) is 5.82 Å². The molecule has 7 heteroatoms. The van der Waals surface area contributed by atoms with E-state index in [2.05, 4.69) is 67.9 Å². The Kier molecular flexibility index (Phi) is 5.03. The normalized spacial score (nSPS) is 13.4. The highest BCUT2D eigenvalue weighted by atomic mass is 32.2. The largest absolute Gasteiger partial charge is 0.495 e. The maximum atomic E-state index is 5.26. The number of ether oxygens (including phenoxy) is 1. The van der Waals surface area contributed by atoms with Crippen LogP contribution in [0.2, 0.25) is 0 Å². The minimum Gasteiger partial charge on any atom is -0.495 e. The summed E-state index contributed by atoms with van der Waals surface area (Å²) < 4.78 is 5.26. The zero-order chi connectivity index (χ0) is 22.2. The number of benzene rings is 2. The zero-order valence-electron chi connectivity index (χ0n) is 18.0. The van der Waals surface area contributed by atoms with Crippen LogP contribution in [-0.4, -0.2) is 27.3 Å². The van der Waals surface area contributed by atoms with E-state index in [0.29, 0.717) is 11.7 Å². The third-order valence-corrected chi connectivity index (χ3v) is 6.83. The standard InChI is InChI=1S/C26H21N5OS/c1-32-18-14-22-25(28-15-18)23(12-13-27-22)33-19-10-8-17(9-11-19)29-26-21-5-3-2-4-20(21)24(30-31-26)16-6-7-16/h2-5,8-16H,6-7H2,1H3,(H,29,31). The molecule has 0 radical (unpaired) electrons. The molecule has 0 amide bonds. The van der Waals surface area contributed by atoms with E-state index in [9.17, 15) is 0 Å². The quantitative estimate of drug-likeness (QED) is 0.322. The van der Waals surface area contributed by atoms with E-state index in [1.54, 1.807) is 31.3 Å². The van der Waals surface area contributed by atoms with Crippen LogP contribution in [0.1, 0.15) is 24.5 Å². The summed E-state index contributed by atoms with van der Waals surface area (Å²) in [7, 11) is 1.63. The predicted molar refractivity (Wildman–Crippen MR) is 131 cm³/mol. The first-order valence-corrected chi connectivity index (χ1v) is 11.7. The number of nitrogens with one attached hydrogen (secondary N) is 1. The van der Waals surface area contributed by atoms with Crippen LogP contribution in [-0.2, 0) is 0 Å². The Morgan fingerprint density at radius 2 is 1.76 bits per heavy atom. The molecule has 6 rings (SSSR count). The van der Waals surface area contributed by atoms with Gasteiger partial charge in [-0.2, -0.15) is 5.10 Å². The molecule has 2 aromatic carbocycles. The number of methoxy groups -OCH3 is 1. The number of pyridine rings is 2. The van der Waals surface area contributed by atoms with Crippen molar-refractivity contribution in [3.05, 3.63) is 78.8 Å². The number of fused-ring (bicyclic) bond motifs is 2. The molecule has 1 aliphatic carbocycles. The van der Waals surface area contributed by atoms with Gasteiger partial charge in [-0.05, 0) is 43.2 Å². The summed E-state index contributed by atoms with van der Waals surface area (Å²) in [5.41, 5.74) is 3.78. The van der Waals surface area contributed by atoms with Gasteiger partial charge in [0, 0.05) is 44.4 Å². The summed E-state index contributed by atoms with van der Waals surface area (Å²) in [6.07, 6.45) is 5.94. The van der Waals surface area contributed by atoms with Gasteiger partial charge in [-0.3, -0.25) is 4.98 Å². The maximum Gasteiger partial charge on any atom is 0.160 e. The molecular weight excluding hydrogens is 430 g/mol. The maximum absolute atomic E-state index is 5.26. The van der Waals surface area contributed by atoms with Gasteiger partial charge in [0.1, 0.15) is 11.3 Å². The zero-order valence-corrected chi connectivity index (χ0v) is 18.8. The second kappa shape index (κ2) is 8.33. The molecule has 33 heavy (non-hydrogen) atoms. The van der Waals surface area contributed by atoms with E-state index in [1.807, 2.05) is 18.2 Å². The Bertz CT molecular complexity index is 1470. The molecule has 6 nitrogen and oxygen atoms in total. The van der Waals surface area contributed by atoms with Crippen LogP contribution < -0.4 is 10.1 Å². The van der Waals surface area contributed by atoms with Gasteiger partial charge < -0.3 is 10.1 Å². The molecule has 162 valence electrons. The Morgan fingerprint density at radius 3 is 2.55 bits per heavy atom. The van der Waals surface area contributed by atoms with Gasteiger partial charge in [-0.25, -0.2) is 4.98 Å². The lowest BCUT2D eigenvalue weighted by Gasteiger charge is -2.11. The topological polar surface area (TPSA) is 72.8 Å². The highest BCUT2D eigenvalue weighted by Crippen LogP contribution is 2.42. The molecule has 3 aromatic heterocycles. The van der Waals surface area contributed by atoms with Crippen LogP contribution in [0.4, 0.5) is 11.5 Å². The van der Waals surface area contributed by atoms with Crippen LogP contribution in [0.25, 0.3) is 21.8 Å². The molecule has 0 unspecified atom stereocenters. The summed E-state index contributed by atoms with van der Waals surface area (Å²) in [6.45, 7) is 0. The smallest absolute Gasteiger partial charge is 0.160 e. The van der Waals surface area contributed by atoms with E-state index in [1.165, 1.54) is 18.2 Å². The monoisotopic (exact) mass is 451 g/mol. The van der Waals surface area contributed by atoms with Gasteiger partial charge in [0.05, 0.1) is 24.5 Å². The van der Waals surface area contributed by atoms with Crippen molar-refractivity contribution in [3.8, 4) is 5.75 Å². The molecule has 0 spiro atoms. The number of hydrogen-bond acceptors (Lipinski definition) is 7. The minimum atomic E-state index is 0.563. The van der Waals surface area contributed by atoms with Gasteiger partial charge in [-0.1, -0.05) is 36.0 Å². The lowest BCUT2D eigenvalue weighted by molar-refractivity contribution is 0.413. The van der Waals surface area contributed by atoms with Crippen molar-refractivity contribution in [1.82, 2.24) is 20.2 Å². The lowest BCUT2D eigenvalue weighted by Crippen LogP contribution is -2.00. The molecule has 0 saturated heterocycles. The van der Waals surface area contributed by atoms with E-state index in [0.717, 1.165) is 43.4 Å². The third-order valence-electron chi connectivity index (χ3n) is 5.78. The molecule has 1 saturated carbocycles. The van der Waals surface area contributed by atoms with Crippen molar-refractivity contribution in [1.29, 1.82) is 0 Å². The second-order valence-electron chi connectivity index (χ2n) is 8.06. The SMILES string of the molecule is COc1cnc2c(Sc3ccc(Nc4nnc(C5CC5)c5ccccc45)cc3)ccnc2c1. The predicted octanol–water partition coefficient (Wildman–Crippen LogP) is 6.35. The van der Waals surface area contributed by atoms with E-state index in [4.69, 9.17) is 4.74 Å². The molecule has 0 atom stereocenters. The second-order valence-corrected chi connectivity index (χ2v) is 9.17. The Hall–Kier alpha value is -3.71. The van der Waals surface area contributed by atoms with Crippen LogP contribution in [0, 0.1) is 0 Å². The summed E-state index contributed by atoms with van der Waals surface area (Å²) in [4.78, 5) is 11.1. The van der Waals surface area contributed by atoms with Crippen LogP contribution in [0.15, 0.2) is 82.8 Å². The fourth-order valence-corrected chi connectivity index (χ4v) is 4.84. The Morgan fingerprint density at radius 1 is 0.939 bits per heavy atom. The van der Waals surface area contributed by atoms with Crippen LogP contribution >= 0.6 is 11.8 Å². The minimum absolute atomic E-state index is 0.563. The molecule has 5 aromatic rings. The first kappa shape index (κ1) is 19.9. The first-order valence-electron chi connectivity index (χ1n) is 10.9. The average Bonchev–Trinajstić information content (AvgIpc) is 3.71. The van der Waals surface area contributed by atoms with Crippen molar-refractivity contribution in [3.63, 3.8) is 0 Å². The van der Waals surface area contributed by atoms with Gasteiger partial charge >= 0.3 is 0 Å².